The Kier molecular flexibility index (Phi) is 5.92. The third-order valence-corrected chi connectivity index (χ3v) is 3.69. The van der Waals surface area contributed by atoms with Crippen LogP contribution in [0, 0.1) is 6.92 Å². The Morgan fingerprint density at radius 1 is 1.39 bits per heavy atom. The molecule has 0 amide bonds. The van der Waals surface area contributed by atoms with Crippen molar-refractivity contribution in [3.05, 3.63) is 23.2 Å². The quantitative estimate of drug-likeness (QED) is 0.581. The van der Waals surface area contributed by atoms with Crippen LogP contribution in [-0.4, -0.2) is 52.5 Å². The number of nitrogens with zero attached hydrogens (tertiary/aromatic N) is 3. The third-order valence-electron chi connectivity index (χ3n) is 3.69. The molecule has 1 aliphatic rings. The van der Waals surface area contributed by atoms with Crippen molar-refractivity contribution in [2.45, 2.75) is 33.1 Å². The minimum Gasteiger partial charge on any atom is -0.506 e. The van der Waals surface area contributed by atoms with Crippen LogP contribution in [0.5, 0.6) is 0 Å². The van der Waals surface area contributed by atoms with E-state index in [-0.39, 0.29) is 31.1 Å². The van der Waals surface area contributed by atoms with E-state index in [4.69, 9.17) is 9.84 Å². The molecule has 0 radical (unpaired) electrons. The van der Waals surface area contributed by atoms with Gasteiger partial charge in [-0.25, -0.2) is 14.8 Å². The van der Waals surface area contributed by atoms with Crippen molar-refractivity contribution in [2.24, 2.45) is 0 Å². The van der Waals surface area contributed by atoms with Gasteiger partial charge in [0.15, 0.2) is 0 Å². The van der Waals surface area contributed by atoms with Gasteiger partial charge in [0.25, 0.3) is 0 Å². The van der Waals surface area contributed by atoms with Crippen molar-refractivity contribution in [2.75, 3.05) is 31.2 Å². The predicted octanol–water partition coefficient (Wildman–Crippen LogP) is 1.60. The molecule has 0 fully saturated rings. The molecule has 23 heavy (non-hydrogen) atoms. The van der Waals surface area contributed by atoms with Gasteiger partial charge >= 0.3 is 5.97 Å². The van der Waals surface area contributed by atoms with Crippen molar-refractivity contribution in [3.63, 3.8) is 0 Å². The van der Waals surface area contributed by atoms with Gasteiger partial charge < -0.3 is 19.8 Å². The van der Waals surface area contributed by atoms with Crippen LogP contribution in [0.3, 0.4) is 0 Å². The number of aromatic nitrogens is 2. The zero-order chi connectivity index (χ0) is 16.8. The maximum atomic E-state index is 12.1. The molecule has 7 heteroatoms. The molecule has 2 N–H and O–H groups in total. The maximum Gasteiger partial charge on any atom is 0.339 e. The van der Waals surface area contributed by atoms with E-state index >= 15 is 0 Å². The van der Waals surface area contributed by atoms with Gasteiger partial charge in [0, 0.05) is 19.3 Å². The highest BCUT2D eigenvalue weighted by Crippen LogP contribution is 2.32. The van der Waals surface area contributed by atoms with Crippen LogP contribution in [0.25, 0.3) is 5.76 Å². The molecule has 0 unspecified atom stereocenters. The summed E-state index contributed by atoms with van der Waals surface area (Å²) < 4.78 is 5.02. The van der Waals surface area contributed by atoms with E-state index in [1.165, 1.54) is 6.20 Å². The number of rotatable bonds is 7. The first-order chi connectivity index (χ1) is 11.1. The van der Waals surface area contributed by atoms with E-state index in [1.54, 1.807) is 13.8 Å². The van der Waals surface area contributed by atoms with Gasteiger partial charge in [0.2, 0.25) is 0 Å². The van der Waals surface area contributed by atoms with E-state index in [0.717, 1.165) is 19.3 Å². The zero-order valence-corrected chi connectivity index (χ0v) is 13.6. The third kappa shape index (κ3) is 3.98. The van der Waals surface area contributed by atoms with Gasteiger partial charge in [-0.3, -0.25) is 0 Å². The Hall–Kier alpha value is -2.15. The Morgan fingerprint density at radius 3 is 2.87 bits per heavy atom. The summed E-state index contributed by atoms with van der Waals surface area (Å²) in [5, 5.41) is 19.2. The number of hydrogen-bond acceptors (Lipinski definition) is 7. The summed E-state index contributed by atoms with van der Waals surface area (Å²) in [5.41, 5.74) is 0.682. The largest absolute Gasteiger partial charge is 0.506 e. The number of esters is 1. The first kappa shape index (κ1) is 17.2. The molecule has 7 nitrogen and oxygen atoms in total. The van der Waals surface area contributed by atoms with Crippen LogP contribution in [0.15, 0.2) is 11.8 Å². The molecule has 1 aromatic heterocycles. The lowest BCUT2D eigenvalue weighted by Crippen LogP contribution is -2.35. The van der Waals surface area contributed by atoms with Crippen LogP contribution in [0.4, 0.5) is 5.82 Å². The zero-order valence-electron chi connectivity index (χ0n) is 13.6. The van der Waals surface area contributed by atoms with Crippen LogP contribution < -0.4 is 4.90 Å². The highest BCUT2D eigenvalue weighted by Gasteiger charge is 2.30. The summed E-state index contributed by atoms with van der Waals surface area (Å²) in [7, 11) is 0. The maximum absolute atomic E-state index is 12.1. The number of aliphatic hydroxyl groups is 2. The number of fused-ring (bicyclic) bond motifs is 1. The molecule has 0 aromatic carbocycles. The summed E-state index contributed by atoms with van der Waals surface area (Å²) in [6.07, 6.45) is 4.03. The number of ether oxygens (including phenoxy) is 1. The fourth-order valence-corrected chi connectivity index (χ4v) is 2.52. The summed E-state index contributed by atoms with van der Waals surface area (Å²) in [4.78, 5) is 22.5. The second-order valence-corrected chi connectivity index (χ2v) is 5.41. The van der Waals surface area contributed by atoms with Gasteiger partial charge in [0.05, 0.1) is 24.3 Å². The lowest BCUT2D eigenvalue weighted by Gasteiger charge is -2.30. The fraction of sp³-hybridized carbons (Fsp3) is 0.562. The fourth-order valence-electron chi connectivity index (χ4n) is 2.52. The molecule has 1 aliphatic heterocycles. The first-order valence-electron chi connectivity index (χ1n) is 7.87. The van der Waals surface area contributed by atoms with Crippen LogP contribution >= 0.6 is 0 Å². The molecule has 126 valence electrons. The number of aliphatic hydroxyl groups excluding tert-OH is 2. The number of carbonyl (C=O) groups excluding carboxylic acids is 1. The Balaban J connectivity index is 2.28. The van der Waals surface area contributed by atoms with Crippen molar-refractivity contribution in [1.29, 1.82) is 0 Å². The Labute approximate surface area is 135 Å². The average Bonchev–Trinajstić information content (AvgIpc) is 2.53. The number of aryl methyl sites for hydroxylation is 1. The molecule has 0 saturated heterocycles. The van der Waals surface area contributed by atoms with E-state index in [0.29, 0.717) is 23.8 Å². The average molecular weight is 321 g/mol. The minimum atomic E-state index is -0.517. The lowest BCUT2D eigenvalue weighted by atomic mass is 10.0. The second kappa shape index (κ2) is 7.92. The summed E-state index contributed by atoms with van der Waals surface area (Å²) >= 11 is 0. The monoisotopic (exact) mass is 321 g/mol. The SMILES string of the molecule is CCOC(=O)C1=C(O)c2cnc(C)nc2N(CCCCCO)C1. The Bertz CT molecular complexity index is 601. The van der Waals surface area contributed by atoms with Crippen LogP contribution in [0.2, 0.25) is 0 Å². The molecule has 0 bridgehead atoms. The number of unbranched alkanes of at least 4 members (excludes halogenated alkanes) is 2. The van der Waals surface area contributed by atoms with Gasteiger partial charge in [-0.05, 0) is 33.1 Å². The number of carbonyl (C=O) groups is 1. The van der Waals surface area contributed by atoms with Crippen LogP contribution in [0.1, 0.15) is 37.6 Å². The molecule has 0 saturated carbocycles. The van der Waals surface area contributed by atoms with Crippen molar-refractivity contribution >= 4 is 17.5 Å². The minimum absolute atomic E-state index is 0.106. The summed E-state index contributed by atoms with van der Waals surface area (Å²) in [5.74, 6) is 0.616. The van der Waals surface area contributed by atoms with Gasteiger partial charge in [0.1, 0.15) is 17.4 Å². The number of hydrogen-bond donors (Lipinski definition) is 2. The molecular formula is C16H23N3O4. The molecule has 0 spiro atoms. The summed E-state index contributed by atoms with van der Waals surface area (Å²) in [6.45, 7) is 4.88. The van der Waals surface area contributed by atoms with E-state index < -0.39 is 5.97 Å². The van der Waals surface area contributed by atoms with Gasteiger partial charge in [-0.2, -0.15) is 0 Å². The molecule has 2 heterocycles. The smallest absolute Gasteiger partial charge is 0.339 e. The normalized spacial score (nSPS) is 14.0. The van der Waals surface area contributed by atoms with Crippen molar-refractivity contribution in [3.8, 4) is 0 Å². The van der Waals surface area contributed by atoms with E-state index in [9.17, 15) is 9.90 Å². The number of anilines is 1. The predicted molar refractivity (Wildman–Crippen MR) is 86.1 cm³/mol. The molecule has 2 rings (SSSR count). The van der Waals surface area contributed by atoms with Gasteiger partial charge in [-0.1, -0.05) is 0 Å². The highest BCUT2D eigenvalue weighted by atomic mass is 16.5. The Morgan fingerprint density at radius 2 is 2.17 bits per heavy atom. The first-order valence-corrected chi connectivity index (χ1v) is 7.87. The van der Waals surface area contributed by atoms with E-state index in [1.807, 2.05) is 4.90 Å². The van der Waals surface area contributed by atoms with Crippen molar-refractivity contribution < 1.29 is 19.7 Å². The molecule has 0 aliphatic carbocycles. The van der Waals surface area contributed by atoms with Crippen molar-refractivity contribution in [1.82, 2.24) is 9.97 Å². The molecular weight excluding hydrogens is 298 g/mol. The summed E-state index contributed by atoms with van der Waals surface area (Å²) in [6, 6.07) is 0. The molecule has 0 atom stereocenters. The second-order valence-electron chi connectivity index (χ2n) is 5.41. The van der Waals surface area contributed by atoms with Crippen LogP contribution in [-0.2, 0) is 9.53 Å². The van der Waals surface area contributed by atoms with Gasteiger partial charge in [-0.15, -0.1) is 0 Å². The molecule has 1 aromatic rings. The topological polar surface area (TPSA) is 95.8 Å². The highest BCUT2D eigenvalue weighted by molar-refractivity contribution is 5.99. The lowest BCUT2D eigenvalue weighted by molar-refractivity contribution is -0.138. The standard InChI is InChI=1S/C16H23N3O4/c1-3-23-16(22)13-10-19(7-5-4-6-8-20)15-12(14(13)21)9-17-11(2)18-15/h9,20-21H,3-8,10H2,1-2H3. The van der Waals surface area contributed by atoms with E-state index in [2.05, 4.69) is 9.97 Å².